The molecular formula is C17H18FN3O4. The Morgan fingerprint density at radius 1 is 1.36 bits per heavy atom. The van der Waals surface area contributed by atoms with Crippen molar-refractivity contribution in [3.8, 4) is 0 Å². The van der Waals surface area contributed by atoms with Gasteiger partial charge in [0.1, 0.15) is 11.2 Å². The third-order valence-electron chi connectivity index (χ3n) is 4.95. The summed E-state index contributed by atoms with van der Waals surface area (Å²) >= 11 is 0. The molecule has 25 heavy (non-hydrogen) atoms. The first-order chi connectivity index (χ1) is 12.0. The molecule has 0 unspecified atom stereocenters. The lowest BCUT2D eigenvalue weighted by atomic mass is 10.1. The molecule has 0 spiro atoms. The third kappa shape index (κ3) is 2.66. The van der Waals surface area contributed by atoms with Crippen molar-refractivity contribution in [1.82, 2.24) is 9.55 Å². The number of fused-ring (bicyclic) bond motifs is 1. The second kappa shape index (κ2) is 5.80. The van der Waals surface area contributed by atoms with E-state index >= 15 is 0 Å². The van der Waals surface area contributed by atoms with Crippen LogP contribution in [-0.4, -0.2) is 45.4 Å². The Kier molecular flexibility index (Phi) is 3.72. The van der Waals surface area contributed by atoms with Gasteiger partial charge in [0, 0.05) is 37.9 Å². The summed E-state index contributed by atoms with van der Waals surface area (Å²) < 4.78 is 16.3. The van der Waals surface area contributed by atoms with Crippen LogP contribution in [0.4, 0.5) is 10.2 Å². The molecular weight excluding hydrogens is 329 g/mol. The highest BCUT2D eigenvalue weighted by Crippen LogP contribution is 2.37. The lowest BCUT2D eigenvalue weighted by Gasteiger charge is -2.19. The SMILES string of the molecule is O=C(O)c1cn(C2CC2)c2nc(N3CC[C@H](CO)C3)c(F)cc2c1=O. The van der Waals surface area contributed by atoms with Crippen LogP contribution in [0.25, 0.3) is 11.0 Å². The molecule has 2 aliphatic rings. The number of nitrogens with zero attached hydrogens (tertiary/aromatic N) is 3. The lowest BCUT2D eigenvalue weighted by Crippen LogP contribution is -2.25. The van der Waals surface area contributed by atoms with Gasteiger partial charge in [-0.25, -0.2) is 14.2 Å². The van der Waals surface area contributed by atoms with Crippen molar-refractivity contribution in [1.29, 1.82) is 0 Å². The number of rotatable bonds is 4. The van der Waals surface area contributed by atoms with Crippen LogP contribution in [0.2, 0.25) is 0 Å². The lowest BCUT2D eigenvalue weighted by molar-refractivity contribution is 0.0695. The topological polar surface area (TPSA) is 95.7 Å². The summed E-state index contributed by atoms with van der Waals surface area (Å²) in [7, 11) is 0. The van der Waals surface area contributed by atoms with Crippen LogP contribution in [-0.2, 0) is 0 Å². The zero-order chi connectivity index (χ0) is 17.7. The van der Waals surface area contributed by atoms with Gasteiger partial charge in [0.2, 0.25) is 5.43 Å². The second-order valence-electron chi connectivity index (χ2n) is 6.76. The van der Waals surface area contributed by atoms with E-state index in [1.165, 1.54) is 6.20 Å². The smallest absolute Gasteiger partial charge is 0.341 e. The molecule has 0 bridgehead atoms. The van der Waals surface area contributed by atoms with Crippen LogP contribution >= 0.6 is 0 Å². The zero-order valence-corrected chi connectivity index (χ0v) is 13.5. The van der Waals surface area contributed by atoms with E-state index in [0.717, 1.165) is 25.3 Å². The number of halogens is 1. The second-order valence-corrected chi connectivity index (χ2v) is 6.76. The van der Waals surface area contributed by atoms with E-state index in [1.54, 1.807) is 9.47 Å². The third-order valence-corrected chi connectivity index (χ3v) is 4.95. The number of aromatic carboxylic acids is 1. The number of hydrogen-bond donors (Lipinski definition) is 2. The monoisotopic (exact) mass is 347 g/mol. The predicted octanol–water partition coefficient (Wildman–Crippen LogP) is 1.39. The maximum Gasteiger partial charge on any atom is 0.341 e. The minimum absolute atomic E-state index is 0.00837. The van der Waals surface area contributed by atoms with Crippen molar-refractivity contribution in [2.75, 3.05) is 24.6 Å². The van der Waals surface area contributed by atoms with Crippen molar-refractivity contribution in [2.45, 2.75) is 25.3 Å². The standard InChI is InChI=1S/C17H18FN3O4/c18-13-5-11-14(23)12(17(24)25)7-21(10-1-2-10)15(11)19-16(13)20-4-3-9(6-20)8-22/h5,7,9-10,22H,1-4,6,8H2,(H,24,25)/t9-/m0/s1. The molecule has 0 radical (unpaired) electrons. The van der Waals surface area contributed by atoms with Gasteiger partial charge >= 0.3 is 5.97 Å². The first kappa shape index (κ1) is 16.0. The number of pyridine rings is 2. The highest BCUT2D eigenvalue weighted by molar-refractivity contribution is 5.92. The average Bonchev–Trinajstić information content (AvgIpc) is 3.31. The number of carboxylic acids is 1. The zero-order valence-electron chi connectivity index (χ0n) is 13.5. The Hall–Kier alpha value is -2.48. The van der Waals surface area contributed by atoms with Gasteiger partial charge in [-0.05, 0) is 25.3 Å². The first-order valence-electron chi connectivity index (χ1n) is 8.34. The van der Waals surface area contributed by atoms with Crippen LogP contribution in [0.15, 0.2) is 17.1 Å². The van der Waals surface area contributed by atoms with Crippen molar-refractivity contribution >= 4 is 22.8 Å². The summed E-state index contributed by atoms with van der Waals surface area (Å²) in [5, 5.41) is 18.5. The van der Waals surface area contributed by atoms with Crippen LogP contribution in [0.3, 0.4) is 0 Å². The molecule has 1 saturated carbocycles. The van der Waals surface area contributed by atoms with E-state index in [0.29, 0.717) is 18.7 Å². The summed E-state index contributed by atoms with van der Waals surface area (Å²) in [6, 6.07) is 1.19. The number of aromatic nitrogens is 2. The molecule has 2 N–H and O–H groups in total. The number of carbonyl (C=O) groups is 1. The molecule has 1 aliphatic heterocycles. The molecule has 1 saturated heterocycles. The van der Waals surface area contributed by atoms with Gasteiger partial charge in [0.25, 0.3) is 0 Å². The van der Waals surface area contributed by atoms with Gasteiger partial charge in [-0.2, -0.15) is 0 Å². The molecule has 2 aromatic heterocycles. The van der Waals surface area contributed by atoms with Gasteiger partial charge in [-0.3, -0.25) is 4.79 Å². The van der Waals surface area contributed by atoms with Gasteiger partial charge in [-0.1, -0.05) is 0 Å². The summed E-state index contributed by atoms with van der Waals surface area (Å²) in [6.07, 6.45) is 3.83. The van der Waals surface area contributed by atoms with Gasteiger partial charge in [0.15, 0.2) is 11.6 Å². The fraction of sp³-hybridized carbons (Fsp3) is 0.471. The Morgan fingerprint density at radius 3 is 2.72 bits per heavy atom. The molecule has 3 heterocycles. The van der Waals surface area contributed by atoms with E-state index in [2.05, 4.69) is 4.98 Å². The van der Waals surface area contributed by atoms with Gasteiger partial charge in [-0.15, -0.1) is 0 Å². The predicted molar refractivity (Wildman–Crippen MR) is 88.6 cm³/mol. The number of anilines is 1. The first-order valence-corrected chi connectivity index (χ1v) is 8.34. The minimum Gasteiger partial charge on any atom is -0.477 e. The van der Waals surface area contributed by atoms with Crippen LogP contribution in [0.1, 0.15) is 35.7 Å². The van der Waals surface area contributed by atoms with Crippen molar-refractivity contribution in [2.24, 2.45) is 5.92 Å². The highest BCUT2D eigenvalue weighted by atomic mass is 19.1. The summed E-state index contributed by atoms with van der Waals surface area (Å²) in [5.74, 6) is -1.73. The molecule has 2 aromatic rings. The number of hydrogen-bond acceptors (Lipinski definition) is 5. The Balaban J connectivity index is 1.90. The quantitative estimate of drug-likeness (QED) is 0.868. The maximum atomic E-state index is 14.6. The fourth-order valence-corrected chi connectivity index (χ4v) is 3.42. The minimum atomic E-state index is -1.32. The van der Waals surface area contributed by atoms with Crippen molar-refractivity contribution in [3.05, 3.63) is 33.9 Å². The van der Waals surface area contributed by atoms with Crippen LogP contribution in [0, 0.1) is 11.7 Å². The number of carboxylic acid groups (broad SMARTS) is 1. The van der Waals surface area contributed by atoms with Crippen LogP contribution < -0.4 is 10.3 Å². The van der Waals surface area contributed by atoms with E-state index in [-0.39, 0.29) is 35.3 Å². The Morgan fingerprint density at radius 2 is 2.12 bits per heavy atom. The average molecular weight is 347 g/mol. The summed E-state index contributed by atoms with van der Waals surface area (Å²) in [4.78, 5) is 29.9. The Bertz CT molecular complexity index is 922. The highest BCUT2D eigenvalue weighted by Gasteiger charge is 2.30. The van der Waals surface area contributed by atoms with Gasteiger partial charge in [0.05, 0.1) is 5.39 Å². The van der Waals surface area contributed by atoms with E-state index in [4.69, 9.17) is 0 Å². The van der Waals surface area contributed by atoms with Crippen LogP contribution in [0.5, 0.6) is 0 Å². The normalized spacial score (nSPS) is 20.4. The molecule has 0 amide bonds. The van der Waals surface area contributed by atoms with Crippen molar-refractivity contribution in [3.63, 3.8) is 0 Å². The largest absolute Gasteiger partial charge is 0.477 e. The molecule has 8 heteroatoms. The molecule has 4 rings (SSSR count). The van der Waals surface area contributed by atoms with E-state index < -0.39 is 17.2 Å². The molecule has 7 nitrogen and oxygen atoms in total. The van der Waals surface area contributed by atoms with E-state index in [9.17, 15) is 24.2 Å². The molecule has 0 aromatic carbocycles. The summed E-state index contributed by atoms with van der Waals surface area (Å²) in [5.41, 5.74) is -0.761. The molecule has 1 aliphatic carbocycles. The maximum absolute atomic E-state index is 14.6. The number of aliphatic hydroxyl groups excluding tert-OH is 1. The summed E-state index contributed by atoms with van der Waals surface area (Å²) in [6.45, 7) is 1.13. The molecule has 132 valence electrons. The molecule has 2 fully saturated rings. The fourth-order valence-electron chi connectivity index (χ4n) is 3.42. The number of aliphatic hydroxyl groups is 1. The van der Waals surface area contributed by atoms with E-state index in [1.807, 2.05) is 0 Å². The Labute approximate surface area is 142 Å². The van der Waals surface area contributed by atoms with Gasteiger partial charge < -0.3 is 19.7 Å². The molecule has 1 atom stereocenters. The van der Waals surface area contributed by atoms with Crippen molar-refractivity contribution < 1.29 is 19.4 Å².